The molecule has 3 aliphatic rings. The van der Waals surface area contributed by atoms with Gasteiger partial charge in [-0.2, -0.15) is 4.98 Å². The van der Waals surface area contributed by atoms with Crippen molar-refractivity contribution in [2.45, 2.75) is 45.2 Å². The number of rotatable bonds is 5. The van der Waals surface area contributed by atoms with Gasteiger partial charge in [0.05, 0.1) is 30.5 Å². The molecule has 0 spiro atoms. The second kappa shape index (κ2) is 9.19. The summed E-state index contributed by atoms with van der Waals surface area (Å²) in [5.74, 6) is 1.98. The zero-order valence-corrected chi connectivity index (χ0v) is 20.8. The van der Waals surface area contributed by atoms with Gasteiger partial charge in [-0.3, -0.25) is 4.79 Å². The molecule has 0 aromatic carbocycles. The summed E-state index contributed by atoms with van der Waals surface area (Å²) in [6, 6.07) is -0.476. The third kappa shape index (κ3) is 4.38. The van der Waals surface area contributed by atoms with Gasteiger partial charge in [0.2, 0.25) is 17.8 Å². The van der Waals surface area contributed by atoms with E-state index >= 15 is 0 Å². The van der Waals surface area contributed by atoms with Gasteiger partial charge in [-0.1, -0.05) is 13.8 Å². The molecule has 0 unspecified atom stereocenters. The number of hydrogen-bond donors (Lipinski definition) is 2. The fourth-order valence-corrected chi connectivity index (χ4v) is 5.22. The highest BCUT2D eigenvalue weighted by Gasteiger charge is 2.45. The minimum Gasteiger partial charge on any atom is -0.378 e. The Balaban J connectivity index is 1.50. The first-order valence-electron chi connectivity index (χ1n) is 12.4. The molecule has 2 aromatic rings. The Labute approximate surface area is 205 Å². The molecule has 2 atom stereocenters. The lowest BCUT2D eigenvalue weighted by Gasteiger charge is -2.37. The molecule has 5 rings (SSSR count). The Morgan fingerprint density at radius 2 is 1.83 bits per heavy atom. The maximum Gasteiger partial charge on any atom is 0.239 e. The van der Waals surface area contributed by atoms with Crippen LogP contribution in [0.4, 0.5) is 17.7 Å². The molecule has 0 radical (unpaired) electrons. The Kier molecular flexibility index (Phi) is 6.22. The summed E-state index contributed by atoms with van der Waals surface area (Å²) in [7, 11) is 0. The number of morpholine rings is 1. The van der Waals surface area contributed by atoms with Crippen molar-refractivity contribution in [3.05, 3.63) is 18.0 Å². The smallest absolute Gasteiger partial charge is 0.239 e. The van der Waals surface area contributed by atoms with E-state index in [1.807, 2.05) is 18.7 Å². The first-order valence-corrected chi connectivity index (χ1v) is 12.4. The fraction of sp³-hybridized carbons (Fsp3) is 0.625. The molecule has 3 aliphatic heterocycles. The summed E-state index contributed by atoms with van der Waals surface area (Å²) in [6.07, 6.45) is 5.12. The van der Waals surface area contributed by atoms with E-state index in [1.54, 1.807) is 12.4 Å². The van der Waals surface area contributed by atoms with Gasteiger partial charge in [-0.05, 0) is 25.7 Å². The zero-order chi connectivity index (χ0) is 24.7. The van der Waals surface area contributed by atoms with Crippen LogP contribution in [0.5, 0.6) is 0 Å². The van der Waals surface area contributed by atoms with Gasteiger partial charge >= 0.3 is 0 Å². The van der Waals surface area contributed by atoms with E-state index in [0.29, 0.717) is 32.3 Å². The average Bonchev–Trinajstić information content (AvgIpc) is 3.48. The summed E-state index contributed by atoms with van der Waals surface area (Å²) < 4.78 is 5.54. The molecule has 188 valence electrons. The quantitative estimate of drug-likeness (QED) is 0.627. The number of aromatic nitrogens is 4. The first-order chi connectivity index (χ1) is 16.8. The molecule has 5 heterocycles. The van der Waals surface area contributed by atoms with Crippen molar-refractivity contribution in [2.75, 3.05) is 61.5 Å². The predicted octanol–water partition coefficient (Wildman–Crippen LogP) is 0.689. The molecule has 1 amide bonds. The van der Waals surface area contributed by atoms with Crippen molar-refractivity contribution >= 4 is 23.6 Å². The SMILES string of the molecule is CC(C)[C@@H](N)C(=O)N1CC[C@](C)(N2CCc3c(-c4cnc(N)nc4)nc(N4CCOCC4)nc32)C1. The van der Waals surface area contributed by atoms with Gasteiger partial charge in [0.1, 0.15) is 5.82 Å². The number of fused-ring (bicyclic) bond motifs is 1. The summed E-state index contributed by atoms with van der Waals surface area (Å²) in [4.78, 5) is 37.9. The van der Waals surface area contributed by atoms with Crippen LogP contribution < -0.4 is 21.3 Å². The highest BCUT2D eigenvalue weighted by Crippen LogP contribution is 2.41. The molecule has 2 fully saturated rings. The number of nitrogens with zero attached hydrogens (tertiary/aromatic N) is 7. The lowest BCUT2D eigenvalue weighted by Crippen LogP contribution is -2.51. The number of nitrogens with two attached hydrogens (primary N) is 2. The van der Waals surface area contributed by atoms with Crippen LogP contribution >= 0.6 is 0 Å². The van der Waals surface area contributed by atoms with Crippen LogP contribution in [0.25, 0.3) is 11.3 Å². The van der Waals surface area contributed by atoms with Crippen molar-refractivity contribution in [1.29, 1.82) is 0 Å². The summed E-state index contributed by atoms with van der Waals surface area (Å²) >= 11 is 0. The number of hydrogen-bond acceptors (Lipinski definition) is 10. The maximum absolute atomic E-state index is 13.0. The molecule has 35 heavy (non-hydrogen) atoms. The molecular formula is C24H35N9O2. The number of likely N-dealkylation sites (tertiary alicyclic amines) is 1. The van der Waals surface area contributed by atoms with Gasteiger partial charge in [-0.25, -0.2) is 15.0 Å². The van der Waals surface area contributed by atoms with Gasteiger partial charge in [0.15, 0.2) is 0 Å². The third-order valence-electron chi connectivity index (χ3n) is 7.47. The zero-order valence-electron chi connectivity index (χ0n) is 20.8. The van der Waals surface area contributed by atoms with Crippen LogP contribution in [-0.4, -0.2) is 88.3 Å². The number of ether oxygens (including phenoxy) is 1. The average molecular weight is 482 g/mol. The van der Waals surface area contributed by atoms with Crippen LogP contribution in [0.3, 0.4) is 0 Å². The van der Waals surface area contributed by atoms with Crippen molar-refractivity contribution < 1.29 is 9.53 Å². The first kappa shape index (κ1) is 23.7. The highest BCUT2D eigenvalue weighted by molar-refractivity contribution is 5.82. The fourth-order valence-electron chi connectivity index (χ4n) is 5.22. The summed E-state index contributed by atoms with van der Waals surface area (Å²) in [5, 5.41) is 0. The van der Waals surface area contributed by atoms with E-state index in [2.05, 4.69) is 26.7 Å². The van der Waals surface area contributed by atoms with Crippen molar-refractivity contribution in [3.8, 4) is 11.3 Å². The van der Waals surface area contributed by atoms with Gasteiger partial charge in [0.25, 0.3) is 0 Å². The molecule has 0 saturated carbocycles. The van der Waals surface area contributed by atoms with Gasteiger partial charge in [-0.15, -0.1) is 0 Å². The van der Waals surface area contributed by atoms with Crippen LogP contribution in [0, 0.1) is 5.92 Å². The van der Waals surface area contributed by atoms with E-state index in [0.717, 1.165) is 55.1 Å². The predicted molar refractivity (Wildman–Crippen MR) is 134 cm³/mol. The summed E-state index contributed by atoms with van der Waals surface area (Å²) in [5.41, 5.74) is 14.4. The van der Waals surface area contributed by atoms with Crippen LogP contribution in [-0.2, 0) is 16.0 Å². The van der Waals surface area contributed by atoms with Crippen LogP contribution in [0.15, 0.2) is 12.4 Å². The Morgan fingerprint density at radius 3 is 2.51 bits per heavy atom. The molecule has 11 nitrogen and oxygen atoms in total. The minimum atomic E-state index is -0.476. The molecule has 0 bridgehead atoms. The second-order valence-corrected chi connectivity index (χ2v) is 10.3. The molecule has 0 aliphatic carbocycles. The van der Waals surface area contributed by atoms with Crippen molar-refractivity contribution in [3.63, 3.8) is 0 Å². The largest absolute Gasteiger partial charge is 0.378 e. The Morgan fingerprint density at radius 1 is 1.11 bits per heavy atom. The Hall–Kier alpha value is -3.05. The lowest BCUT2D eigenvalue weighted by molar-refractivity contribution is -0.132. The van der Waals surface area contributed by atoms with E-state index in [1.165, 1.54) is 0 Å². The van der Waals surface area contributed by atoms with Crippen LogP contribution in [0.2, 0.25) is 0 Å². The van der Waals surface area contributed by atoms with Crippen LogP contribution in [0.1, 0.15) is 32.8 Å². The van der Waals surface area contributed by atoms with E-state index in [-0.39, 0.29) is 23.3 Å². The van der Waals surface area contributed by atoms with E-state index in [4.69, 9.17) is 26.2 Å². The number of carbonyl (C=O) groups is 1. The summed E-state index contributed by atoms with van der Waals surface area (Å²) in [6.45, 7) is 11.1. The number of anilines is 3. The maximum atomic E-state index is 13.0. The van der Waals surface area contributed by atoms with Crippen molar-refractivity contribution in [2.24, 2.45) is 11.7 Å². The second-order valence-electron chi connectivity index (χ2n) is 10.3. The standard InChI is InChI=1S/C24H35N9O2/c1-15(2)18(25)21(34)32-7-5-24(3,14-32)33-6-4-17-19(16-12-27-22(26)28-13-16)29-23(30-20(17)33)31-8-10-35-11-9-31/h12-13,15,18H,4-11,14,25H2,1-3H3,(H2,26,27,28)/t18-,24+/m1/s1. The normalized spacial score (nSPS) is 23.2. The molecule has 2 aromatic heterocycles. The topological polar surface area (TPSA) is 140 Å². The molecular weight excluding hydrogens is 446 g/mol. The monoisotopic (exact) mass is 481 g/mol. The highest BCUT2D eigenvalue weighted by atomic mass is 16.5. The third-order valence-corrected chi connectivity index (χ3v) is 7.47. The number of nitrogen functional groups attached to an aromatic ring is 1. The molecule has 2 saturated heterocycles. The van der Waals surface area contributed by atoms with Gasteiger partial charge < -0.3 is 30.9 Å². The van der Waals surface area contributed by atoms with E-state index in [9.17, 15) is 4.79 Å². The van der Waals surface area contributed by atoms with Gasteiger partial charge in [0, 0.05) is 56.2 Å². The minimum absolute atomic E-state index is 0.0274. The van der Waals surface area contributed by atoms with E-state index < -0.39 is 6.04 Å². The lowest BCUT2D eigenvalue weighted by atomic mass is 9.99. The molecule has 11 heteroatoms. The Bertz CT molecular complexity index is 1090. The number of carbonyl (C=O) groups excluding carboxylic acids is 1. The van der Waals surface area contributed by atoms with Crippen molar-refractivity contribution in [1.82, 2.24) is 24.8 Å². The number of amides is 1. The molecule has 4 N–H and O–H groups in total.